The number of nitrogens with zero attached hydrogens (tertiary/aromatic N) is 3. The third-order valence-corrected chi connectivity index (χ3v) is 4.36. The third kappa shape index (κ3) is 6.98. The maximum absolute atomic E-state index is 12.8. The minimum absolute atomic E-state index is 0.240. The van der Waals surface area contributed by atoms with Gasteiger partial charge < -0.3 is 15.5 Å². The van der Waals surface area contributed by atoms with Crippen LogP contribution in [-0.4, -0.2) is 53.2 Å². The number of likely N-dealkylation sites (N-methyl/N-ethyl adjacent to an activating group) is 1. The Kier molecular flexibility index (Phi) is 8.02. The Morgan fingerprint density at radius 1 is 1.21 bits per heavy atom. The summed E-state index contributed by atoms with van der Waals surface area (Å²) in [5.74, 6) is -0.327. The normalized spacial score (nSPS) is 12.2. The molecule has 8 heteroatoms. The smallest absolute Gasteiger partial charge is 0.251 e. The Bertz CT molecular complexity index is 786. The van der Waals surface area contributed by atoms with E-state index in [-0.39, 0.29) is 17.7 Å². The first kappa shape index (κ1) is 21.9. The van der Waals surface area contributed by atoms with Crippen LogP contribution in [0.2, 0.25) is 5.02 Å². The number of aromatic nitrogens is 2. The van der Waals surface area contributed by atoms with E-state index in [9.17, 15) is 9.59 Å². The quantitative estimate of drug-likeness (QED) is 0.672. The van der Waals surface area contributed by atoms with Crippen molar-refractivity contribution in [3.05, 3.63) is 47.2 Å². The van der Waals surface area contributed by atoms with E-state index >= 15 is 0 Å². The van der Waals surface area contributed by atoms with Gasteiger partial charge >= 0.3 is 0 Å². The maximum atomic E-state index is 12.8. The lowest BCUT2D eigenvalue weighted by Crippen LogP contribution is -2.44. The zero-order valence-electron chi connectivity index (χ0n) is 16.8. The zero-order chi connectivity index (χ0) is 20.7. The Morgan fingerprint density at radius 2 is 1.89 bits per heavy atom. The van der Waals surface area contributed by atoms with Crippen molar-refractivity contribution in [2.45, 2.75) is 32.9 Å². The lowest BCUT2D eigenvalue weighted by molar-refractivity contribution is -0.118. The molecule has 0 bridgehead atoms. The number of hydrogen-bond donors (Lipinski definition) is 2. The van der Waals surface area contributed by atoms with Crippen LogP contribution in [0.15, 0.2) is 36.7 Å². The topological polar surface area (TPSA) is 79.3 Å². The number of anilines is 1. The van der Waals surface area contributed by atoms with Crippen LogP contribution < -0.4 is 10.6 Å². The Balaban J connectivity index is 2.02. The molecule has 1 heterocycles. The third-order valence-electron chi connectivity index (χ3n) is 4.11. The van der Waals surface area contributed by atoms with E-state index in [1.807, 2.05) is 27.9 Å². The van der Waals surface area contributed by atoms with Gasteiger partial charge in [0.05, 0.1) is 18.4 Å². The highest BCUT2D eigenvalue weighted by Gasteiger charge is 2.23. The molecule has 1 aromatic heterocycles. The van der Waals surface area contributed by atoms with Gasteiger partial charge in [-0.3, -0.25) is 14.3 Å². The van der Waals surface area contributed by atoms with Crippen molar-refractivity contribution in [1.82, 2.24) is 20.0 Å². The molecular weight excluding hydrogens is 378 g/mol. The van der Waals surface area contributed by atoms with E-state index in [1.54, 1.807) is 41.3 Å². The number of rotatable bonds is 9. The Labute approximate surface area is 171 Å². The van der Waals surface area contributed by atoms with Gasteiger partial charge in [-0.15, -0.1) is 0 Å². The van der Waals surface area contributed by atoms with Gasteiger partial charge in [0.1, 0.15) is 6.04 Å². The first-order chi connectivity index (χ1) is 13.2. The molecule has 0 aliphatic rings. The van der Waals surface area contributed by atoms with Crippen LogP contribution in [0.4, 0.5) is 5.69 Å². The van der Waals surface area contributed by atoms with Gasteiger partial charge in [0, 0.05) is 23.3 Å². The Hall–Kier alpha value is -2.38. The maximum Gasteiger partial charge on any atom is 0.251 e. The van der Waals surface area contributed by atoms with Gasteiger partial charge in [-0.25, -0.2) is 0 Å². The first-order valence-corrected chi connectivity index (χ1v) is 9.67. The summed E-state index contributed by atoms with van der Waals surface area (Å²) < 4.78 is 1.78. The van der Waals surface area contributed by atoms with E-state index in [2.05, 4.69) is 20.6 Å². The fourth-order valence-corrected chi connectivity index (χ4v) is 2.75. The van der Waals surface area contributed by atoms with E-state index in [4.69, 9.17) is 11.6 Å². The van der Waals surface area contributed by atoms with Crippen molar-refractivity contribution in [3.63, 3.8) is 0 Å². The summed E-state index contributed by atoms with van der Waals surface area (Å²) in [5, 5.41) is 10.5. The minimum Gasteiger partial charge on any atom is -0.340 e. The van der Waals surface area contributed by atoms with Crippen LogP contribution in [0, 0.1) is 5.92 Å². The summed E-state index contributed by atoms with van der Waals surface area (Å²) >= 11 is 5.87. The molecule has 28 heavy (non-hydrogen) atoms. The molecule has 152 valence electrons. The van der Waals surface area contributed by atoms with E-state index < -0.39 is 6.04 Å². The lowest BCUT2D eigenvalue weighted by Gasteiger charge is -2.20. The second kappa shape index (κ2) is 10.2. The molecule has 2 aromatic rings. The monoisotopic (exact) mass is 405 g/mol. The molecule has 7 nitrogen and oxygen atoms in total. The minimum atomic E-state index is -0.645. The van der Waals surface area contributed by atoms with Crippen LogP contribution in [0.25, 0.3) is 0 Å². The van der Waals surface area contributed by atoms with Crippen LogP contribution in [0.5, 0.6) is 0 Å². The molecule has 0 spiro atoms. The molecule has 1 unspecified atom stereocenters. The van der Waals surface area contributed by atoms with E-state index in [1.165, 1.54) is 0 Å². The van der Waals surface area contributed by atoms with Crippen LogP contribution in [-0.2, 0) is 11.3 Å². The first-order valence-electron chi connectivity index (χ1n) is 9.29. The summed E-state index contributed by atoms with van der Waals surface area (Å²) in [5.41, 5.74) is 1.07. The number of hydrogen-bond acceptors (Lipinski definition) is 4. The molecular formula is C20H28ClN5O2. The number of halogens is 1. The highest BCUT2D eigenvalue weighted by Crippen LogP contribution is 2.13. The molecule has 1 aromatic carbocycles. The second-order valence-corrected chi connectivity index (χ2v) is 7.88. The van der Waals surface area contributed by atoms with Crippen LogP contribution in [0.1, 0.15) is 30.6 Å². The standard InChI is InChI=1S/C20H28ClN5O2/c1-14(2)11-18(24-19(27)15-5-7-16(21)8-6-15)20(28)23-17-12-22-26(13-17)10-9-25(3)4/h5-8,12-14,18H,9-11H2,1-4H3,(H,23,28)(H,24,27). The largest absolute Gasteiger partial charge is 0.340 e. The fourth-order valence-electron chi connectivity index (χ4n) is 2.63. The summed E-state index contributed by atoms with van der Waals surface area (Å²) in [7, 11) is 3.98. The Morgan fingerprint density at radius 3 is 2.50 bits per heavy atom. The van der Waals surface area contributed by atoms with Gasteiger partial charge in [0.25, 0.3) is 5.91 Å². The highest BCUT2D eigenvalue weighted by atomic mass is 35.5. The van der Waals surface area contributed by atoms with Crippen molar-refractivity contribution in [3.8, 4) is 0 Å². The molecule has 0 saturated carbocycles. The average Bonchev–Trinajstić information content (AvgIpc) is 3.07. The van der Waals surface area contributed by atoms with E-state index in [0.29, 0.717) is 22.7 Å². The fraction of sp³-hybridized carbons (Fsp3) is 0.450. The summed E-state index contributed by atoms with van der Waals surface area (Å²) in [6.45, 7) is 5.59. The molecule has 2 amide bonds. The van der Waals surface area contributed by atoms with Gasteiger partial charge in [-0.1, -0.05) is 25.4 Å². The number of nitrogens with one attached hydrogen (secondary N) is 2. The summed E-state index contributed by atoms with van der Waals surface area (Å²) in [6.07, 6.45) is 3.93. The number of amides is 2. The van der Waals surface area contributed by atoms with Gasteiger partial charge in [0.2, 0.25) is 5.91 Å². The number of benzene rings is 1. The second-order valence-electron chi connectivity index (χ2n) is 7.45. The van der Waals surface area contributed by atoms with Gasteiger partial charge in [0.15, 0.2) is 0 Å². The van der Waals surface area contributed by atoms with Crippen molar-refractivity contribution in [2.24, 2.45) is 5.92 Å². The van der Waals surface area contributed by atoms with Crippen molar-refractivity contribution in [2.75, 3.05) is 26.0 Å². The predicted molar refractivity (Wildman–Crippen MR) is 112 cm³/mol. The summed E-state index contributed by atoms with van der Waals surface area (Å²) in [4.78, 5) is 27.3. The molecule has 1 atom stereocenters. The number of carbonyl (C=O) groups is 2. The van der Waals surface area contributed by atoms with Crippen LogP contribution in [0.3, 0.4) is 0 Å². The van der Waals surface area contributed by atoms with Gasteiger partial charge in [-0.2, -0.15) is 5.10 Å². The molecule has 0 radical (unpaired) electrons. The molecule has 2 rings (SSSR count). The van der Waals surface area contributed by atoms with E-state index in [0.717, 1.165) is 13.1 Å². The van der Waals surface area contributed by atoms with Gasteiger partial charge in [-0.05, 0) is 50.7 Å². The van der Waals surface area contributed by atoms with Crippen molar-refractivity contribution < 1.29 is 9.59 Å². The SMILES string of the molecule is CC(C)CC(NC(=O)c1ccc(Cl)cc1)C(=O)Nc1cnn(CCN(C)C)c1. The molecule has 0 fully saturated rings. The molecule has 0 saturated heterocycles. The van der Waals surface area contributed by atoms with Crippen molar-refractivity contribution >= 4 is 29.1 Å². The predicted octanol–water partition coefficient (Wildman–Crippen LogP) is 2.88. The zero-order valence-corrected chi connectivity index (χ0v) is 17.5. The van der Waals surface area contributed by atoms with Crippen LogP contribution >= 0.6 is 11.6 Å². The van der Waals surface area contributed by atoms with Crippen molar-refractivity contribution in [1.29, 1.82) is 0 Å². The molecule has 2 N–H and O–H groups in total. The number of carbonyl (C=O) groups excluding carboxylic acids is 2. The molecule has 0 aliphatic heterocycles. The average molecular weight is 406 g/mol. The highest BCUT2D eigenvalue weighted by molar-refractivity contribution is 6.30. The summed E-state index contributed by atoms with van der Waals surface area (Å²) in [6, 6.07) is 5.92. The lowest BCUT2D eigenvalue weighted by atomic mass is 10.0. The molecule has 0 aliphatic carbocycles.